The zero-order valence-electron chi connectivity index (χ0n) is 7.60. The van der Waals surface area contributed by atoms with Crippen LogP contribution in [-0.4, -0.2) is 16.1 Å². The molecule has 14 heavy (non-hydrogen) atoms. The third-order valence-electron chi connectivity index (χ3n) is 1.79. The first kappa shape index (κ1) is 10.2. The van der Waals surface area contributed by atoms with Crippen molar-refractivity contribution in [1.29, 1.82) is 5.26 Å². The lowest BCUT2D eigenvalue weighted by molar-refractivity contribution is -0.137. The molecule has 0 fully saturated rings. The van der Waals surface area contributed by atoms with Crippen LogP contribution in [0.2, 0.25) is 0 Å². The molecule has 0 atom stereocenters. The number of hydrogen-bond acceptors (Lipinski definition) is 3. The Kier molecular flexibility index (Phi) is 3.62. The number of rotatable bonds is 4. The predicted octanol–water partition coefficient (Wildman–Crippen LogP) is 1.36. The molecule has 0 saturated heterocycles. The van der Waals surface area contributed by atoms with Crippen molar-refractivity contribution in [3.63, 3.8) is 0 Å². The first-order chi connectivity index (χ1) is 6.72. The highest BCUT2D eigenvalue weighted by Crippen LogP contribution is 2.05. The maximum atomic E-state index is 10.2. The van der Waals surface area contributed by atoms with Gasteiger partial charge in [0.25, 0.3) is 0 Å². The van der Waals surface area contributed by atoms with Crippen LogP contribution in [0, 0.1) is 11.3 Å². The number of carboxylic acid groups (broad SMARTS) is 1. The van der Waals surface area contributed by atoms with Crippen LogP contribution in [0.25, 0.3) is 0 Å². The van der Waals surface area contributed by atoms with Gasteiger partial charge in [0.2, 0.25) is 0 Å². The van der Waals surface area contributed by atoms with Gasteiger partial charge in [-0.3, -0.25) is 4.79 Å². The van der Waals surface area contributed by atoms with Gasteiger partial charge in [-0.2, -0.15) is 5.26 Å². The molecule has 0 aliphatic heterocycles. The lowest BCUT2D eigenvalue weighted by Crippen LogP contribution is -1.96. The van der Waals surface area contributed by atoms with Gasteiger partial charge in [0.1, 0.15) is 11.8 Å². The number of carboxylic acids is 1. The molecule has 1 N–H and O–H groups in total. The number of pyridine rings is 1. The molecule has 0 aliphatic carbocycles. The number of aliphatic carboxylic acids is 1. The van der Waals surface area contributed by atoms with Crippen LogP contribution in [0.15, 0.2) is 18.3 Å². The van der Waals surface area contributed by atoms with Crippen LogP contribution in [0.5, 0.6) is 0 Å². The SMILES string of the molecule is N#Cc1cc(CCCC(=O)O)ccn1. The van der Waals surface area contributed by atoms with Crippen LogP contribution in [0.3, 0.4) is 0 Å². The molecule has 0 amide bonds. The van der Waals surface area contributed by atoms with E-state index in [9.17, 15) is 4.79 Å². The van der Waals surface area contributed by atoms with Crippen LogP contribution < -0.4 is 0 Å². The fraction of sp³-hybridized carbons (Fsp3) is 0.300. The highest BCUT2D eigenvalue weighted by Gasteiger charge is 1.99. The largest absolute Gasteiger partial charge is 0.481 e. The molecule has 0 unspecified atom stereocenters. The summed E-state index contributed by atoms with van der Waals surface area (Å²) in [5, 5.41) is 17.0. The lowest BCUT2D eigenvalue weighted by Gasteiger charge is -1.98. The lowest BCUT2D eigenvalue weighted by atomic mass is 10.1. The zero-order chi connectivity index (χ0) is 10.4. The van der Waals surface area contributed by atoms with E-state index in [0.29, 0.717) is 18.5 Å². The fourth-order valence-corrected chi connectivity index (χ4v) is 1.13. The summed E-state index contributed by atoms with van der Waals surface area (Å²) >= 11 is 0. The first-order valence-corrected chi connectivity index (χ1v) is 4.29. The second-order valence-corrected chi connectivity index (χ2v) is 2.91. The highest BCUT2D eigenvalue weighted by molar-refractivity contribution is 5.66. The number of aryl methyl sites for hydroxylation is 1. The molecule has 0 aromatic carbocycles. The Balaban J connectivity index is 2.51. The number of nitrogens with zero attached hydrogens (tertiary/aromatic N) is 2. The Bertz CT molecular complexity index is 369. The van der Waals surface area contributed by atoms with Crippen molar-refractivity contribution in [3.05, 3.63) is 29.6 Å². The minimum atomic E-state index is -0.792. The van der Waals surface area contributed by atoms with E-state index in [-0.39, 0.29) is 6.42 Å². The third-order valence-corrected chi connectivity index (χ3v) is 1.79. The second-order valence-electron chi connectivity index (χ2n) is 2.91. The maximum Gasteiger partial charge on any atom is 0.303 e. The molecular weight excluding hydrogens is 180 g/mol. The molecule has 4 nitrogen and oxygen atoms in total. The predicted molar refractivity (Wildman–Crippen MR) is 49.5 cm³/mol. The third kappa shape index (κ3) is 3.23. The van der Waals surface area contributed by atoms with Gasteiger partial charge in [0, 0.05) is 12.6 Å². The van der Waals surface area contributed by atoms with Gasteiger partial charge >= 0.3 is 5.97 Å². The van der Waals surface area contributed by atoms with Crippen LogP contribution in [-0.2, 0) is 11.2 Å². The van der Waals surface area contributed by atoms with E-state index < -0.39 is 5.97 Å². The van der Waals surface area contributed by atoms with Gasteiger partial charge in [-0.15, -0.1) is 0 Å². The first-order valence-electron chi connectivity index (χ1n) is 4.29. The summed E-state index contributed by atoms with van der Waals surface area (Å²) in [5.41, 5.74) is 1.33. The summed E-state index contributed by atoms with van der Waals surface area (Å²) in [6.45, 7) is 0. The minimum absolute atomic E-state index is 0.157. The molecule has 1 aromatic heterocycles. The number of hydrogen-bond donors (Lipinski definition) is 1. The maximum absolute atomic E-state index is 10.2. The summed E-state index contributed by atoms with van der Waals surface area (Å²) in [6, 6.07) is 5.42. The van der Waals surface area contributed by atoms with Crippen molar-refractivity contribution in [3.8, 4) is 6.07 Å². The topological polar surface area (TPSA) is 74.0 Å². The Labute approximate surface area is 81.8 Å². The van der Waals surface area contributed by atoms with Crippen molar-refractivity contribution >= 4 is 5.97 Å². The zero-order valence-corrected chi connectivity index (χ0v) is 7.60. The Morgan fingerprint density at radius 3 is 3.07 bits per heavy atom. The van der Waals surface area contributed by atoms with E-state index in [1.165, 1.54) is 0 Å². The quantitative estimate of drug-likeness (QED) is 0.777. The minimum Gasteiger partial charge on any atom is -0.481 e. The summed E-state index contributed by atoms with van der Waals surface area (Å²) in [7, 11) is 0. The highest BCUT2D eigenvalue weighted by atomic mass is 16.4. The number of nitriles is 1. The molecule has 1 heterocycles. The molecule has 72 valence electrons. The van der Waals surface area contributed by atoms with Gasteiger partial charge in [0.15, 0.2) is 0 Å². The number of carbonyl (C=O) groups is 1. The average molecular weight is 190 g/mol. The number of aromatic nitrogens is 1. The van der Waals surface area contributed by atoms with Crippen molar-refractivity contribution < 1.29 is 9.90 Å². The second kappa shape index (κ2) is 4.97. The van der Waals surface area contributed by atoms with Crippen molar-refractivity contribution in [2.75, 3.05) is 0 Å². The van der Waals surface area contributed by atoms with Gasteiger partial charge in [-0.05, 0) is 30.5 Å². The Morgan fingerprint density at radius 2 is 2.43 bits per heavy atom. The summed E-state index contributed by atoms with van der Waals surface area (Å²) in [5.74, 6) is -0.792. The monoisotopic (exact) mass is 190 g/mol. The van der Waals surface area contributed by atoms with E-state index in [2.05, 4.69) is 4.98 Å². The average Bonchev–Trinajstić information content (AvgIpc) is 2.18. The Morgan fingerprint density at radius 1 is 1.64 bits per heavy atom. The summed E-state index contributed by atoms with van der Waals surface area (Å²) in [4.78, 5) is 14.1. The van der Waals surface area contributed by atoms with Crippen molar-refractivity contribution in [2.24, 2.45) is 0 Å². The molecule has 0 spiro atoms. The molecule has 0 radical (unpaired) electrons. The van der Waals surface area contributed by atoms with Crippen LogP contribution in [0.4, 0.5) is 0 Å². The van der Waals surface area contributed by atoms with E-state index in [1.807, 2.05) is 6.07 Å². The summed E-state index contributed by atoms with van der Waals surface area (Å²) in [6.07, 6.45) is 2.98. The molecule has 4 heteroatoms. The molecule has 1 aromatic rings. The van der Waals surface area contributed by atoms with E-state index in [4.69, 9.17) is 10.4 Å². The van der Waals surface area contributed by atoms with E-state index >= 15 is 0 Å². The Hall–Kier alpha value is -1.89. The van der Waals surface area contributed by atoms with Gasteiger partial charge in [-0.25, -0.2) is 4.98 Å². The fourth-order valence-electron chi connectivity index (χ4n) is 1.13. The molecular formula is C10H10N2O2. The smallest absolute Gasteiger partial charge is 0.303 e. The van der Waals surface area contributed by atoms with E-state index in [1.54, 1.807) is 18.3 Å². The van der Waals surface area contributed by atoms with Gasteiger partial charge in [-0.1, -0.05) is 0 Å². The van der Waals surface area contributed by atoms with Crippen molar-refractivity contribution in [1.82, 2.24) is 4.98 Å². The molecule has 0 aliphatic rings. The molecule has 1 rings (SSSR count). The van der Waals surface area contributed by atoms with Gasteiger partial charge in [0.05, 0.1) is 0 Å². The van der Waals surface area contributed by atoms with Crippen LogP contribution in [0.1, 0.15) is 24.1 Å². The van der Waals surface area contributed by atoms with Crippen LogP contribution >= 0.6 is 0 Å². The van der Waals surface area contributed by atoms with Crippen molar-refractivity contribution in [2.45, 2.75) is 19.3 Å². The summed E-state index contributed by atoms with van der Waals surface area (Å²) < 4.78 is 0. The molecule has 0 bridgehead atoms. The van der Waals surface area contributed by atoms with E-state index in [0.717, 1.165) is 5.56 Å². The molecule has 0 saturated carbocycles. The normalized spacial score (nSPS) is 9.36. The van der Waals surface area contributed by atoms with Gasteiger partial charge < -0.3 is 5.11 Å². The standard InChI is InChI=1S/C10H10N2O2/c11-7-9-6-8(4-5-12-9)2-1-3-10(13)14/h4-6H,1-3H2,(H,13,14).